The molecule has 0 aliphatic rings. The van der Waals surface area contributed by atoms with Gasteiger partial charge in [-0.15, -0.1) is 0 Å². The fourth-order valence-corrected chi connectivity index (χ4v) is 2.34. The Morgan fingerprint density at radius 3 is 2.69 bits per heavy atom. The molecule has 3 rings (SSSR count). The molecule has 0 aliphatic carbocycles. The Labute approximate surface area is 151 Å². The smallest absolute Gasteiger partial charge is 0.270 e. The number of hydrogen-bond acceptors (Lipinski definition) is 5. The van der Waals surface area contributed by atoms with Gasteiger partial charge in [-0.1, -0.05) is 37.3 Å². The van der Waals surface area contributed by atoms with Crippen molar-refractivity contribution < 1.29 is 9.53 Å². The molecule has 2 N–H and O–H groups in total. The van der Waals surface area contributed by atoms with Crippen LogP contribution in [0.4, 0.5) is 0 Å². The molecule has 26 heavy (non-hydrogen) atoms. The van der Waals surface area contributed by atoms with E-state index in [1.807, 2.05) is 44.2 Å². The molecule has 1 unspecified atom stereocenters. The average molecular weight is 351 g/mol. The second-order valence-electron chi connectivity index (χ2n) is 5.84. The Morgan fingerprint density at radius 2 is 2.04 bits per heavy atom. The zero-order chi connectivity index (χ0) is 18.4. The highest BCUT2D eigenvalue weighted by atomic mass is 16.5. The van der Waals surface area contributed by atoms with Crippen molar-refractivity contribution in [1.29, 1.82) is 0 Å². The summed E-state index contributed by atoms with van der Waals surface area (Å²) in [5.41, 5.74) is 1.39. The summed E-state index contributed by atoms with van der Waals surface area (Å²) in [6.45, 7) is 4.27. The molecule has 0 bridgehead atoms. The number of aromatic amines is 1. The van der Waals surface area contributed by atoms with Gasteiger partial charge in [-0.3, -0.25) is 9.89 Å². The molecule has 7 heteroatoms. The van der Waals surface area contributed by atoms with Crippen LogP contribution in [0.2, 0.25) is 0 Å². The van der Waals surface area contributed by atoms with E-state index in [1.54, 1.807) is 18.3 Å². The third-order valence-electron chi connectivity index (χ3n) is 3.84. The summed E-state index contributed by atoms with van der Waals surface area (Å²) in [7, 11) is 0. The number of ether oxygens (including phenoxy) is 1. The maximum atomic E-state index is 12.3. The number of nitrogens with one attached hydrogen (secondary N) is 2. The largest absolute Gasteiger partial charge is 0.487 e. The van der Waals surface area contributed by atoms with Gasteiger partial charge in [0.1, 0.15) is 23.9 Å². The van der Waals surface area contributed by atoms with Gasteiger partial charge in [0.15, 0.2) is 5.82 Å². The van der Waals surface area contributed by atoms with E-state index in [9.17, 15) is 4.79 Å². The lowest BCUT2D eigenvalue weighted by molar-refractivity contribution is 0.0933. The molecule has 0 aliphatic heterocycles. The molecule has 3 aromatic rings. The van der Waals surface area contributed by atoms with Crippen molar-refractivity contribution in [3.63, 3.8) is 0 Å². The molecule has 7 nitrogen and oxygen atoms in total. The second kappa shape index (κ2) is 8.24. The van der Waals surface area contributed by atoms with Gasteiger partial charge in [0.05, 0.1) is 12.2 Å². The van der Waals surface area contributed by atoms with Crippen LogP contribution in [-0.2, 0) is 13.0 Å². The summed E-state index contributed by atoms with van der Waals surface area (Å²) in [6.07, 6.45) is 2.31. The van der Waals surface area contributed by atoms with E-state index in [1.165, 1.54) is 0 Å². The zero-order valence-corrected chi connectivity index (χ0v) is 14.8. The highest BCUT2D eigenvalue weighted by molar-refractivity contribution is 5.92. The first-order valence-corrected chi connectivity index (χ1v) is 8.50. The van der Waals surface area contributed by atoms with Crippen LogP contribution in [0.15, 0.2) is 48.7 Å². The van der Waals surface area contributed by atoms with E-state index in [0.29, 0.717) is 23.9 Å². The standard InChI is InChI=1S/C19H21N5O2/c1-3-17-22-18(24-23-17)13(2)21-19(25)16-10-9-15(11-20-16)26-12-14-7-5-4-6-8-14/h4-11,13H,3,12H2,1-2H3,(H,21,25)(H,22,23,24). The first kappa shape index (κ1) is 17.6. The number of aromatic nitrogens is 4. The Hall–Kier alpha value is -3.22. The maximum Gasteiger partial charge on any atom is 0.270 e. The van der Waals surface area contributed by atoms with Crippen LogP contribution in [0.5, 0.6) is 5.75 Å². The predicted octanol–water partition coefficient (Wildman–Crippen LogP) is 2.83. The number of amides is 1. The molecule has 134 valence electrons. The topological polar surface area (TPSA) is 92.8 Å². The molecular weight excluding hydrogens is 330 g/mol. The molecule has 0 fully saturated rings. The summed E-state index contributed by atoms with van der Waals surface area (Å²) in [6, 6.07) is 12.9. The predicted molar refractivity (Wildman–Crippen MR) is 96.7 cm³/mol. The highest BCUT2D eigenvalue weighted by Gasteiger charge is 2.16. The minimum Gasteiger partial charge on any atom is -0.487 e. The lowest BCUT2D eigenvalue weighted by Gasteiger charge is -2.10. The van der Waals surface area contributed by atoms with Gasteiger partial charge >= 0.3 is 0 Å². The molecule has 0 radical (unpaired) electrons. The van der Waals surface area contributed by atoms with Gasteiger partial charge < -0.3 is 10.1 Å². The minimum atomic E-state index is -0.310. The minimum absolute atomic E-state index is 0.282. The normalized spacial score (nSPS) is 11.8. The number of benzene rings is 1. The Balaban J connectivity index is 1.56. The first-order chi connectivity index (χ1) is 12.7. The highest BCUT2D eigenvalue weighted by Crippen LogP contribution is 2.13. The van der Waals surface area contributed by atoms with Crippen molar-refractivity contribution in [3.05, 3.63) is 71.6 Å². The van der Waals surface area contributed by atoms with Gasteiger partial charge in [-0.2, -0.15) is 5.10 Å². The number of rotatable bonds is 7. The van der Waals surface area contributed by atoms with Crippen molar-refractivity contribution in [2.45, 2.75) is 32.9 Å². The SMILES string of the molecule is CCc1nc(C(C)NC(=O)c2ccc(OCc3ccccc3)cn2)n[nH]1. The molecule has 1 aromatic carbocycles. The Kier molecular flexibility index (Phi) is 5.58. The van der Waals surface area contributed by atoms with Crippen molar-refractivity contribution in [1.82, 2.24) is 25.5 Å². The van der Waals surface area contributed by atoms with E-state index < -0.39 is 0 Å². The number of H-pyrrole nitrogens is 1. The van der Waals surface area contributed by atoms with Gasteiger partial charge in [0, 0.05) is 6.42 Å². The van der Waals surface area contributed by atoms with Gasteiger partial charge in [-0.25, -0.2) is 9.97 Å². The number of aryl methyl sites for hydroxylation is 1. The van der Waals surface area contributed by atoms with E-state index in [4.69, 9.17) is 4.74 Å². The van der Waals surface area contributed by atoms with E-state index in [2.05, 4.69) is 25.5 Å². The molecule has 2 heterocycles. The van der Waals surface area contributed by atoms with Crippen LogP contribution >= 0.6 is 0 Å². The molecule has 0 saturated heterocycles. The Morgan fingerprint density at radius 1 is 1.23 bits per heavy atom. The van der Waals surface area contributed by atoms with Crippen LogP contribution < -0.4 is 10.1 Å². The van der Waals surface area contributed by atoms with Crippen LogP contribution in [0.25, 0.3) is 0 Å². The van der Waals surface area contributed by atoms with E-state index in [-0.39, 0.29) is 11.9 Å². The number of carbonyl (C=O) groups is 1. The van der Waals surface area contributed by atoms with Gasteiger partial charge in [0.2, 0.25) is 0 Å². The number of pyridine rings is 1. The third-order valence-corrected chi connectivity index (χ3v) is 3.84. The summed E-state index contributed by atoms with van der Waals surface area (Å²) < 4.78 is 5.67. The van der Waals surface area contributed by atoms with Crippen molar-refractivity contribution in [3.8, 4) is 5.75 Å². The summed E-state index contributed by atoms with van der Waals surface area (Å²) >= 11 is 0. The fraction of sp³-hybridized carbons (Fsp3) is 0.263. The second-order valence-corrected chi connectivity index (χ2v) is 5.84. The monoisotopic (exact) mass is 351 g/mol. The maximum absolute atomic E-state index is 12.3. The van der Waals surface area contributed by atoms with Gasteiger partial charge in [-0.05, 0) is 24.6 Å². The molecule has 0 saturated carbocycles. The third kappa shape index (κ3) is 4.44. The van der Waals surface area contributed by atoms with Crippen molar-refractivity contribution >= 4 is 5.91 Å². The Bertz CT molecular complexity index is 846. The molecule has 0 spiro atoms. The van der Waals surface area contributed by atoms with Crippen LogP contribution in [0.1, 0.15) is 47.6 Å². The molecule has 2 aromatic heterocycles. The lowest BCUT2D eigenvalue weighted by atomic mass is 10.2. The fourth-order valence-electron chi connectivity index (χ4n) is 2.34. The summed E-state index contributed by atoms with van der Waals surface area (Å²) in [5.74, 6) is 1.67. The van der Waals surface area contributed by atoms with Crippen LogP contribution in [0, 0.1) is 0 Å². The summed E-state index contributed by atoms with van der Waals surface area (Å²) in [4.78, 5) is 20.8. The quantitative estimate of drug-likeness (QED) is 0.683. The first-order valence-electron chi connectivity index (χ1n) is 8.50. The number of hydrogen-bond donors (Lipinski definition) is 2. The zero-order valence-electron chi connectivity index (χ0n) is 14.8. The lowest BCUT2D eigenvalue weighted by Crippen LogP contribution is -2.28. The number of nitrogens with zero attached hydrogens (tertiary/aromatic N) is 3. The molecule has 1 atom stereocenters. The van der Waals surface area contributed by atoms with Crippen molar-refractivity contribution in [2.75, 3.05) is 0 Å². The van der Waals surface area contributed by atoms with Crippen LogP contribution in [0.3, 0.4) is 0 Å². The van der Waals surface area contributed by atoms with Gasteiger partial charge in [0.25, 0.3) is 5.91 Å². The van der Waals surface area contributed by atoms with Crippen LogP contribution in [-0.4, -0.2) is 26.1 Å². The summed E-state index contributed by atoms with van der Waals surface area (Å²) in [5, 5.41) is 9.79. The van der Waals surface area contributed by atoms with E-state index >= 15 is 0 Å². The molecular formula is C19H21N5O2. The molecule has 1 amide bonds. The average Bonchev–Trinajstić information content (AvgIpc) is 3.17. The van der Waals surface area contributed by atoms with E-state index in [0.717, 1.165) is 17.8 Å². The van der Waals surface area contributed by atoms with Crippen molar-refractivity contribution in [2.24, 2.45) is 0 Å². The number of carbonyl (C=O) groups excluding carboxylic acids is 1.